The fourth-order valence-electron chi connectivity index (χ4n) is 2.56. The summed E-state index contributed by atoms with van der Waals surface area (Å²) < 4.78 is 6.52. The lowest BCUT2D eigenvalue weighted by atomic mass is 10.0. The molecule has 1 atom stereocenters. The second-order valence-corrected chi connectivity index (χ2v) is 5.25. The van der Waals surface area contributed by atoms with E-state index >= 15 is 0 Å². The Labute approximate surface area is 109 Å². The standard InChI is InChI=1S/C14H14BrNO/c1-16-13-5-3-9-8-10(2-4-11(9)13)14-12(15)6-7-17-14/h2,4,6-8,13,16H,3,5H2,1H3. The average molecular weight is 292 g/mol. The Hall–Kier alpha value is -1.06. The summed E-state index contributed by atoms with van der Waals surface area (Å²) >= 11 is 3.50. The molecule has 1 N–H and O–H groups in total. The van der Waals surface area contributed by atoms with Crippen LogP contribution in [0.1, 0.15) is 23.6 Å². The summed E-state index contributed by atoms with van der Waals surface area (Å²) in [7, 11) is 2.02. The Bertz CT molecular complexity index is 547. The zero-order chi connectivity index (χ0) is 11.8. The average Bonchev–Trinajstić information content (AvgIpc) is 2.93. The Kier molecular flexibility index (Phi) is 2.81. The summed E-state index contributed by atoms with van der Waals surface area (Å²) in [5.41, 5.74) is 4.02. The van der Waals surface area contributed by atoms with Gasteiger partial charge in [-0.1, -0.05) is 12.1 Å². The molecule has 88 valence electrons. The van der Waals surface area contributed by atoms with Crippen molar-refractivity contribution in [2.75, 3.05) is 7.05 Å². The van der Waals surface area contributed by atoms with E-state index in [-0.39, 0.29) is 0 Å². The fourth-order valence-corrected chi connectivity index (χ4v) is 2.99. The molecule has 0 bridgehead atoms. The normalized spacial score (nSPS) is 18.4. The van der Waals surface area contributed by atoms with Crippen molar-refractivity contribution in [2.45, 2.75) is 18.9 Å². The van der Waals surface area contributed by atoms with Gasteiger partial charge in [0, 0.05) is 11.6 Å². The monoisotopic (exact) mass is 291 g/mol. The summed E-state index contributed by atoms with van der Waals surface area (Å²) in [5, 5.41) is 3.35. The third-order valence-corrected chi connectivity index (χ3v) is 4.07. The third-order valence-electron chi connectivity index (χ3n) is 3.45. The number of benzene rings is 1. The molecule has 1 aliphatic rings. The predicted octanol–water partition coefficient (Wildman–Crippen LogP) is 3.92. The van der Waals surface area contributed by atoms with Gasteiger partial charge in [-0.3, -0.25) is 0 Å². The lowest BCUT2D eigenvalue weighted by Crippen LogP contribution is -2.12. The van der Waals surface area contributed by atoms with E-state index in [4.69, 9.17) is 4.42 Å². The maximum absolute atomic E-state index is 5.50. The molecule has 3 heteroatoms. The van der Waals surface area contributed by atoms with Gasteiger partial charge in [-0.15, -0.1) is 0 Å². The van der Waals surface area contributed by atoms with Gasteiger partial charge in [0.05, 0.1) is 10.7 Å². The molecule has 1 aromatic carbocycles. The number of rotatable bonds is 2. The Morgan fingerprint density at radius 3 is 2.94 bits per heavy atom. The number of furan rings is 1. The van der Waals surface area contributed by atoms with Gasteiger partial charge in [0.15, 0.2) is 0 Å². The van der Waals surface area contributed by atoms with Crippen LogP contribution >= 0.6 is 15.9 Å². The summed E-state index contributed by atoms with van der Waals surface area (Å²) in [4.78, 5) is 0. The van der Waals surface area contributed by atoms with E-state index in [0.717, 1.165) is 22.2 Å². The molecule has 17 heavy (non-hydrogen) atoms. The van der Waals surface area contributed by atoms with Gasteiger partial charge in [-0.05, 0) is 59.1 Å². The lowest BCUT2D eigenvalue weighted by Gasteiger charge is -2.10. The number of fused-ring (bicyclic) bond motifs is 1. The van der Waals surface area contributed by atoms with Gasteiger partial charge in [-0.2, -0.15) is 0 Å². The smallest absolute Gasteiger partial charge is 0.148 e. The van der Waals surface area contributed by atoms with Crippen molar-refractivity contribution in [1.82, 2.24) is 5.32 Å². The number of aryl methyl sites for hydroxylation is 1. The van der Waals surface area contributed by atoms with E-state index in [1.807, 2.05) is 13.1 Å². The molecule has 1 aliphatic carbocycles. The summed E-state index contributed by atoms with van der Waals surface area (Å²) in [5.74, 6) is 0.917. The molecule has 1 unspecified atom stereocenters. The molecule has 0 spiro atoms. The molecule has 3 rings (SSSR count). The van der Waals surface area contributed by atoms with E-state index in [1.165, 1.54) is 17.5 Å². The highest BCUT2D eigenvalue weighted by Crippen LogP contribution is 2.36. The molecule has 1 aromatic heterocycles. The Morgan fingerprint density at radius 1 is 1.35 bits per heavy atom. The van der Waals surface area contributed by atoms with E-state index in [2.05, 4.69) is 39.4 Å². The number of nitrogens with one attached hydrogen (secondary N) is 1. The zero-order valence-corrected chi connectivity index (χ0v) is 11.3. The molecule has 0 saturated carbocycles. The predicted molar refractivity (Wildman–Crippen MR) is 72.0 cm³/mol. The molecule has 0 radical (unpaired) electrons. The van der Waals surface area contributed by atoms with Crippen LogP contribution in [-0.4, -0.2) is 7.05 Å². The summed E-state index contributed by atoms with van der Waals surface area (Å²) in [6, 6.07) is 9.04. The van der Waals surface area contributed by atoms with Crippen LogP contribution in [0.15, 0.2) is 39.4 Å². The molecule has 2 aromatic rings. The van der Waals surface area contributed by atoms with Crippen LogP contribution in [0.3, 0.4) is 0 Å². The first-order valence-corrected chi connectivity index (χ1v) is 6.62. The largest absolute Gasteiger partial charge is 0.463 e. The van der Waals surface area contributed by atoms with E-state index < -0.39 is 0 Å². The van der Waals surface area contributed by atoms with Gasteiger partial charge in [0.1, 0.15) is 5.76 Å². The van der Waals surface area contributed by atoms with Gasteiger partial charge < -0.3 is 9.73 Å². The first-order valence-electron chi connectivity index (χ1n) is 5.83. The van der Waals surface area contributed by atoms with Gasteiger partial charge in [-0.25, -0.2) is 0 Å². The van der Waals surface area contributed by atoms with Crippen LogP contribution in [0.4, 0.5) is 0 Å². The molecular weight excluding hydrogens is 278 g/mol. The summed E-state index contributed by atoms with van der Waals surface area (Å²) in [6.07, 6.45) is 4.05. The molecule has 2 nitrogen and oxygen atoms in total. The van der Waals surface area contributed by atoms with E-state index in [1.54, 1.807) is 6.26 Å². The third kappa shape index (κ3) is 1.83. The molecule has 0 saturated heterocycles. The highest BCUT2D eigenvalue weighted by molar-refractivity contribution is 9.10. The Balaban J connectivity index is 2.03. The van der Waals surface area contributed by atoms with Crippen LogP contribution in [0, 0.1) is 0 Å². The van der Waals surface area contributed by atoms with Crippen molar-refractivity contribution >= 4 is 15.9 Å². The van der Waals surface area contributed by atoms with Crippen LogP contribution in [0.5, 0.6) is 0 Å². The number of halogens is 1. The van der Waals surface area contributed by atoms with Gasteiger partial charge in [0.25, 0.3) is 0 Å². The quantitative estimate of drug-likeness (QED) is 0.907. The van der Waals surface area contributed by atoms with E-state index in [0.29, 0.717) is 6.04 Å². The number of hydrogen-bond donors (Lipinski definition) is 1. The summed E-state index contributed by atoms with van der Waals surface area (Å²) in [6.45, 7) is 0. The minimum atomic E-state index is 0.513. The first kappa shape index (κ1) is 11.1. The highest BCUT2D eigenvalue weighted by Gasteiger charge is 2.21. The molecule has 1 heterocycles. The topological polar surface area (TPSA) is 25.2 Å². The Morgan fingerprint density at radius 2 is 2.24 bits per heavy atom. The minimum absolute atomic E-state index is 0.513. The molecule has 0 fully saturated rings. The SMILES string of the molecule is CNC1CCc2cc(-c3occc3Br)ccc21. The van der Waals surface area contributed by atoms with Crippen LogP contribution in [0.2, 0.25) is 0 Å². The van der Waals surface area contributed by atoms with Crippen LogP contribution < -0.4 is 5.32 Å². The first-order chi connectivity index (χ1) is 8.29. The van der Waals surface area contributed by atoms with Crippen molar-refractivity contribution in [3.63, 3.8) is 0 Å². The fraction of sp³-hybridized carbons (Fsp3) is 0.286. The van der Waals surface area contributed by atoms with Crippen LogP contribution in [-0.2, 0) is 6.42 Å². The van der Waals surface area contributed by atoms with Crippen molar-refractivity contribution in [2.24, 2.45) is 0 Å². The maximum Gasteiger partial charge on any atom is 0.148 e. The maximum atomic E-state index is 5.50. The van der Waals surface area contributed by atoms with Crippen LogP contribution in [0.25, 0.3) is 11.3 Å². The second kappa shape index (κ2) is 4.31. The molecule has 0 aliphatic heterocycles. The highest BCUT2D eigenvalue weighted by atomic mass is 79.9. The van der Waals surface area contributed by atoms with Crippen molar-refractivity contribution < 1.29 is 4.42 Å². The minimum Gasteiger partial charge on any atom is -0.463 e. The van der Waals surface area contributed by atoms with Gasteiger partial charge >= 0.3 is 0 Å². The van der Waals surface area contributed by atoms with Gasteiger partial charge in [0.2, 0.25) is 0 Å². The van der Waals surface area contributed by atoms with Crippen molar-refractivity contribution in [1.29, 1.82) is 0 Å². The molecule has 0 amide bonds. The van der Waals surface area contributed by atoms with Crippen molar-refractivity contribution in [3.05, 3.63) is 46.1 Å². The number of hydrogen-bond acceptors (Lipinski definition) is 2. The second-order valence-electron chi connectivity index (χ2n) is 4.39. The van der Waals surface area contributed by atoms with Crippen molar-refractivity contribution in [3.8, 4) is 11.3 Å². The van der Waals surface area contributed by atoms with E-state index in [9.17, 15) is 0 Å². The molecular formula is C14H14BrNO. The zero-order valence-electron chi connectivity index (χ0n) is 9.66. The lowest BCUT2D eigenvalue weighted by molar-refractivity contribution is 0.581.